The Kier molecular flexibility index (Phi) is 3.04. The minimum absolute atomic E-state index is 0.265. The summed E-state index contributed by atoms with van der Waals surface area (Å²) in [4.78, 5) is 13.8. The first-order valence-corrected chi connectivity index (χ1v) is 6.01. The predicted octanol–water partition coefficient (Wildman–Crippen LogP) is 0.687. The van der Waals surface area contributed by atoms with E-state index >= 15 is 0 Å². The summed E-state index contributed by atoms with van der Waals surface area (Å²) in [6.45, 7) is 9.83. The fraction of sp³-hybridized carbons (Fsp3) is 0.727. The molecule has 0 aliphatic carbocycles. The largest absolute Gasteiger partial charge is 0.368 e. The van der Waals surface area contributed by atoms with E-state index < -0.39 is 0 Å². The van der Waals surface area contributed by atoms with E-state index in [0.29, 0.717) is 18.4 Å². The van der Waals surface area contributed by atoms with Gasteiger partial charge in [-0.25, -0.2) is 4.79 Å². The Hall–Kier alpha value is -1.59. The monoisotopic (exact) mass is 237 g/mol. The molecule has 1 aromatic heterocycles. The minimum Gasteiger partial charge on any atom is -0.363 e. The summed E-state index contributed by atoms with van der Waals surface area (Å²) in [5, 5.41) is 10.9. The van der Waals surface area contributed by atoms with Gasteiger partial charge in [-0.15, -0.1) is 5.10 Å². The molecule has 1 N–H and O–H groups in total. The number of nitrogens with zero attached hydrogens (tertiary/aromatic N) is 4. The molecule has 0 aromatic carbocycles. The van der Waals surface area contributed by atoms with Gasteiger partial charge in [0.05, 0.1) is 0 Å². The molecule has 0 bridgehead atoms. The Balaban J connectivity index is 2.49. The van der Waals surface area contributed by atoms with Gasteiger partial charge in [-0.2, -0.15) is 0 Å². The average Bonchev–Trinajstić information content (AvgIpc) is 2.67. The third-order valence-corrected chi connectivity index (χ3v) is 2.82. The normalized spacial score (nSPS) is 14.6. The molecule has 0 amide bonds. The maximum atomic E-state index is 11.7. The van der Waals surface area contributed by atoms with E-state index in [4.69, 9.17) is 0 Å². The Morgan fingerprint density at radius 3 is 2.47 bits per heavy atom. The maximum Gasteiger partial charge on any atom is 0.368 e. The van der Waals surface area contributed by atoms with Gasteiger partial charge < -0.3 is 10.2 Å². The van der Waals surface area contributed by atoms with Gasteiger partial charge in [0, 0.05) is 25.2 Å². The second-order valence-corrected chi connectivity index (χ2v) is 4.89. The van der Waals surface area contributed by atoms with E-state index in [1.165, 1.54) is 0 Å². The van der Waals surface area contributed by atoms with Crippen molar-refractivity contribution >= 4 is 11.6 Å². The summed E-state index contributed by atoms with van der Waals surface area (Å²) in [7, 11) is 0. The van der Waals surface area contributed by atoms with Gasteiger partial charge in [0.15, 0.2) is 11.6 Å². The second kappa shape index (κ2) is 4.35. The molecule has 2 heterocycles. The number of fused-ring (bicyclic) bond motifs is 1. The van der Waals surface area contributed by atoms with Crippen LogP contribution < -0.4 is 15.9 Å². The van der Waals surface area contributed by atoms with Crippen LogP contribution in [0.2, 0.25) is 0 Å². The van der Waals surface area contributed by atoms with E-state index in [-0.39, 0.29) is 11.7 Å². The smallest absolute Gasteiger partial charge is 0.363 e. The first-order chi connectivity index (χ1) is 8.00. The van der Waals surface area contributed by atoms with Gasteiger partial charge in [-0.1, -0.05) is 5.10 Å². The number of anilines is 2. The van der Waals surface area contributed by atoms with Crippen molar-refractivity contribution in [2.75, 3.05) is 16.8 Å². The summed E-state index contributed by atoms with van der Waals surface area (Å²) in [5.41, 5.74) is -0.266. The van der Waals surface area contributed by atoms with Crippen molar-refractivity contribution in [2.45, 2.75) is 46.3 Å². The molecule has 6 heteroatoms. The van der Waals surface area contributed by atoms with Crippen molar-refractivity contribution in [1.29, 1.82) is 0 Å². The van der Waals surface area contributed by atoms with Crippen LogP contribution in [-0.2, 0) is 6.54 Å². The summed E-state index contributed by atoms with van der Waals surface area (Å²) >= 11 is 0. The molecule has 1 aromatic rings. The molecule has 6 nitrogen and oxygen atoms in total. The van der Waals surface area contributed by atoms with Crippen LogP contribution in [0, 0.1) is 0 Å². The predicted molar refractivity (Wildman–Crippen MR) is 67.5 cm³/mol. The molecule has 0 radical (unpaired) electrons. The van der Waals surface area contributed by atoms with Crippen LogP contribution in [0.4, 0.5) is 11.6 Å². The highest BCUT2D eigenvalue weighted by Crippen LogP contribution is 2.28. The Labute approximate surface area is 101 Å². The standard InChI is InChI=1S/C11H19N5O/c1-7(2)12-9-10-15(8(3)4)5-6-16(10)11(17)14-13-9/h7-8,12H,5-6H2,1-4H3. The zero-order valence-corrected chi connectivity index (χ0v) is 10.8. The molecule has 0 saturated heterocycles. The quantitative estimate of drug-likeness (QED) is 0.838. The molecule has 0 spiro atoms. The highest BCUT2D eigenvalue weighted by Gasteiger charge is 2.27. The molecule has 2 rings (SSSR count). The van der Waals surface area contributed by atoms with E-state index in [0.717, 1.165) is 12.4 Å². The summed E-state index contributed by atoms with van der Waals surface area (Å²) in [6.07, 6.45) is 0. The number of hydrogen-bond acceptors (Lipinski definition) is 5. The van der Waals surface area contributed by atoms with Crippen LogP contribution in [0.25, 0.3) is 0 Å². The number of hydrogen-bond donors (Lipinski definition) is 1. The number of rotatable bonds is 3. The van der Waals surface area contributed by atoms with Crippen LogP contribution in [-0.4, -0.2) is 33.4 Å². The third kappa shape index (κ3) is 2.11. The van der Waals surface area contributed by atoms with Gasteiger partial charge in [-0.05, 0) is 27.7 Å². The third-order valence-electron chi connectivity index (χ3n) is 2.82. The lowest BCUT2D eigenvalue weighted by Crippen LogP contribution is -2.31. The van der Waals surface area contributed by atoms with E-state index in [1.54, 1.807) is 4.57 Å². The number of nitrogens with one attached hydrogen (secondary N) is 1. The molecule has 0 unspecified atom stereocenters. The molecule has 1 aliphatic heterocycles. The van der Waals surface area contributed by atoms with Crippen molar-refractivity contribution in [3.8, 4) is 0 Å². The molecular weight excluding hydrogens is 218 g/mol. The summed E-state index contributed by atoms with van der Waals surface area (Å²) in [5.74, 6) is 1.57. The van der Waals surface area contributed by atoms with Gasteiger partial charge in [0.1, 0.15) is 0 Å². The van der Waals surface area contributed by atoms with Crippen LogP contribution in [0.1, 0.15) is 27.7 Å². The van der Waals surface area contributed by atoms with Crippen molar-refractivity contribution in [3.63, 3.8) is 0 Å². The molecule has 94 valence electrons. The van der Waals surface area contributed by atoms with Crippen molar-refractivity contribution < 1.29 is 0 Å². The highest BCUT2D eigenvalue weighted by atomic mass is 16.1. The van der Waals surface area contributed by atoms with E-state index in [9.17, 15) is 4.79 Å². The molecule has 0 fully saturated rings. The lowest BCUT2D eigenvalue weighted by Gasteiger charge is -2.24. The van der Waals surface area contributed by atoms with Crippen LogP contribution in [0.3, 0.4) is 0 Å². The summed E-state index contributed by atoms with van der Waals surface area (Å²) in [6, 6.07) is 0.612. The van der Waals surface area contributed by atoms with Crippen molar-refractivity contribution in [2.24, 2.45) is 0 Å². The molecule has 0 saturated carbocycles. The summed E-state index contributed by atoms with van der Waals surface area (Å²) < 4.78 is 1.69. The van der Waals surface area contributed by atoms with E-state index in [1.807, 2.05) is 13.8 Å². The fourth-order valence-electron chi connectivity index (χ4n) is 2.09. The minimum atomic E-state index is -0.266. The van der Waals surface area contributed by atoms with Gasteiger partial charge >= 0.3 is 5.69 Å². The van der Waals surface area contributed by atoms with Crippen LogP contribution in [0.15, 0.2) is 4.79 Å². The second-order valence-electron chi connectivity index (χ2n) is 4.89. The SMILES string of the molecule is CC(C)Nc1nnc(=O)n2c1N(C(C)C)CC2. The van der Waals surface area contributed by atoms with E-state index in [2.05, 4.69) is 34.3 Å². The Morgan fingerprint density at radius 2 is 1.88 bits per heavy atom. The van der Waals surface area contributed by atoms with Crippen molar-refractivity contribution in [3.05, 3.63) is 10.5 Å². The topological polar surface area (TPSA) is 63.1 Å². The fourth-order valence-corrected chi connectivity index (χ4v) is 2.09. The first-order valence-electron chi connectivity index (χ1n) is 6.01. The van der Waals surface area contributed by atoms with Crippen molar-refractivity contribution in [1.82, 2.24) is 14.8 Å². The van der Waals surface area contributed by atoms with Gasteiger partial charge in [0.25, 0.3) is 0 Å². The average molecular weight is 237 g/mol. The van der Waals surface area contributed by atoms with Crippen LogP contribution >= 0.6 is 0 Å². The van der Waals surface area contributed by atoms with Gasteiger partial charge in [0.2, 0.25) is 0 Å². The maximum absolute atomic E-state index is 11.7. The Bertz CT molecular complexity index is 465. The zero-order chi connectivity index (χ0) is 12.6. The molecule has 17 heavy (non-hydrogen) atoms. The molecule has 0 atom stereocenters. The first kappa shape index (κ1) is 11.9. The zero-order valence-electron chi connectivity index (χ0n) is 10.8. The molecule has 1 aliphatic rings. The molecular formula is C11H19N5O. The highest BCUT2D eigenvalue weighted by molar-refractivity contribution is 5.63. The number of aromatic nitrogens is 3. The lowest BCUT2D eigenvalue weighted by atomic mass is 10.3. The van der Waals surface area contributed by atoms with Crippen LogP contribution in [0.5, 0.6) is 0 Å². The van der Waals surface area contributed by atoms with Gasteiger partial charge in [-0.3, -0.25) is 4.57 Å². The lowest BCUT2D eigenvalue weighted by molar-refractivity contribution is 0.688. The Morgan fingerprint density at radius 1 is 1.18 bits per heavy atom.